The van der Waals surface area contributed by atoms with E-state index in [1.54, 1.807) is 0 Å². The smallest absolute Gasteiger partial charge is 0.244 e. The average Bonchev–Trinajstić information content (AvgIpc) is 2.50. The Kier molecular flexibility index (Phi) is 6.60. The minimum atomic E-state index is -3.78. The lowest BCUT2D eigenvalue weighted by molar-refractivity contribution is 0.140. The first-order chi connectivity index (χ1) is 11.3. The zero-order chi connectivity index (χ0) is 17.7. The monoisotopic (exact) mass is 358 g/mol. The molecule has 24 heavy (non-hydrogen) atoms. The second-order valence-corrected chi connectivity index (χ2v) is 8.49. The number of sulfonamides is 1. The number of halogens is 1. The van der Waals surface area contributed by atoms with Crippen LogP contribution in [0.3, 0.4) is 0 Å². The summed E-state index contributed by atoms with van der Waals surface area (Å²) < 4.78 is 45.6. The highest BCUT2D eigenvalue weighted by molar-refractivity contribution is 7.89. The van der Waals surface area contributed by atoms with Crippen molar-refractivity contribution in [2.75, 3.05) is 33.3 Å². The van der Waals surface area contributed by atoms with E-state index in [0.717, 1.165) is 32.1 Å². The molecule has 0 aromatic heterocycles. The zero-order valence-corrected chi connectivity index (χ0v) is 15.4. The SMILES string of the molecule is COc1ccc(F)cc1S(=O)(=O)NCCCN1C[C@H](C)C[C@H](C)C1. The van der Waals surface area contributed by atoms with Crippen LogP contribution in [0.1, 0.15) is 26.7 Å². The quantitative estimate of drug-likeness (QED) is 0.761. The summed E-state index contributed by atoms with van der Waals surface area (Å²) in [5.74, 6) is 0.902. The van der Waals surface area contributed by atoms with Crippen molar-refractivity contribution in [3.05, 3.63) is 24.0 Å². The summed E-state index contributed by atoms with van der Waals surface area (Å²) in [6, 6.07) is 3.48. The molecule has 0 bridgehead atoms. The van der Waals surface area contributed by atoms with Gasteiger partial charge >= 0.3 is 0 Å². The van der Waals surface area contributed by atoms with E-state index in [-0.39, 0.29) is 10.6 Å². The van der Waals surface area contributed by atoms with E-state index in [1.807, 2.05) is 0 Å². The Morgan fingerprint density at radius 3 is 2.58 bits per heavy atom. The van der Waals surface area contributed by atoms with Crippen LogP contribution in [0.2, 0.25) is 0 Å². The summed E-state index contributed by atoms with van der Waals surface area (Å²) in [4.78, 5) is 2.22. The van der Waals surface area contributed by atoms with Gasteiger partial charge in [0.1, 0.15) is 16.5 Å². The van der Waals surface area contributed by atoms with Gasteiger partial charge in [-0.15, -0.1) is 0 Å². The maximum atomic E-state index is 13.4. The third-order valence-electron chi connectivity index (χ3n) is 4.30. The van der Waals surface area contributed by atoms with Crippen LogP contribution in [-0.4, -0.2) is 46.6 Å². The van der Waals surface area contributed by atoms with Gasteiger partial charge in [-0.05, 0) is 49.4 Å². The van der Waals surface area contributed by atoms with E-state index in [9.17, 15) is 12.8 Å². The van der Waals surface area contributed by atoms with E-state index in [4.69, 9.17) is 4.74 Å². The van der Waals surface area contributed by atoms with Gasteiger partial charge in [0.15, 0.2) is 0 Å². The van der Waals surface area contributed by atoms with Gasteiger partial charge in [-0.2, -0.15) is 0 Å². The highest BCUT2D eigenvalue weighted by Crippen LogP contribution is 2.24. The first-order valence-electron chi connectivity index (χ1n) is 8.37. The van der Waals surface area contributed by atoms with Crippen LogP contribution >= 0.6 is 0 Å². The highest BCUT2D eigenvalue weighted by atomic mass is 32.2. The lowest BCUT2D eigenvalue weighted by atomic mass is 9.92. The van der Waals surface area contributed by atoms with Crippen molar-refractivity contribution in [1.82, 2.24) is 9.62 Å². The van der Waals surface area contributed by atoms with E-state index in [1.165, 1.54) is 25.7 Å². The normalized spacial score (nSPS) is 22.5. The van der Waals surface area contributed by atoms with E-state index < -0.39 is 15.8 Å². The van der Waals surface area contributed by atoms with Crippen molar-refractivity contribution in [3.63, 3.8) is 0 Å². The molecule has 5 nitrogen and oxygen atoms in total. The van der Waals surface area contributed by atoms with Crippen LogP contribution in [0.5, 0.6) is 5.75 Å². The van der Waals surface area contributed by atoms with Crippen LogP contribution in [0.25, 0.3) is 0 Å². The molecule has 136 valence electrons. The highest BCUT2D eigenvalue weighted by Gasteiger charge is 2.22. The standard InChI is InChI=1S/C17H27FN2O3S/c1-13-9-14(2)12-20(11-13)8-4-7-19-24(21,22)17-10-15(18)5-6-16(17)23-3/h5-6,10,13-14,19H,4,7-9,11-12H2,1-3H3/t13-,14+. The Morgan fingerprint density at radius 2 is 1.96 bits per heavy atom. The zero-order valence-electron chi connectivity index (χ0n) is 14.6. The summed E-state index contributed by atoms with van der Waals surface area (Å²) in [6.45, 7) is 7.81. The number of piperidine rings is 1. The molecule has 1 N–H and O–H groups in total. The van der Waals surface area contributed by atoms with Crippen LogP contribution in [-0.2, 0) is 10.0 Å². The molecule has 0 amide bonds. The van der Waals surface area contributed by atoms with Crippen LogP contribution < -0.4 is 9.46 Å². The minimum Gasteiger partial charge on any atom is -0.495 e. The summed E-state index contributed by atoms with van der Waals surface area (Å²) >= 11 is 0. The Balaban J connectivity index is 1.88. The Hall–Kier alpha value is -1.18. The molecule has 1 heterocycles. The fraction of sp³-hybridized carbons (Fsp3) is 0.647. The molecule has 2 atom stereocenters. The number of benzene rings is 1. The third-order valence-corrected chi connectivity index (χ3v) is 5.79. The van der Waals surface area contributed by atoms with Gasteiger partial charge in [0.2, 0.25) is 10.0 Å². The van der Waals surface area contributed by atoms with Gasteiger partial charge < -0.3 is 9.64 Å². The van der Waals surface area contributed by atoms with Crippen LogP contribution in [0, 0.1) is 17.7 Å². The number of nitrogens with zero attached hydrogens (tertiary/aromatic N) is 1. The maximum absolute atomic E-state index is 13.4. The third kappa shape index (κ3) is 5.16. The molecular weight excluding hydrogens is 331 g/mol. The molecule has 0 radical (unpaired) electrons. The number of hydrogen-bond donors (Lipinski definition) is 1. The largest absolute Gasteiger partial charge is 0.495 e. The molecular formula is C17H27FN2O3S. The fourth-order valence-corrected chi connectivity index (χ4v) is 4.67. The van der Waals surface area contributed by atoms with Gasteiger partial charge in [-0.1, -0.05) is 13.8 Å². The lowest BCUT2D eigenvalue weighted by Gasteiger charge is -2.34. The first-order valence-corrected chi connectivity index (χ1v) is 9.85. The van der Waals surface area contributed by atoms with Crippen molar-refractivity contribution >= 4 is 10.0 Å². The molecule has 1 fully saturated rings. The molecule has 1 aromatic carbocycles. The predicted octanol–water partition coefficient (Wildman–Crippen LogP) is 2.48. The number of nitrogens with one attached hydrogen (secondary N) is 1. The van der Waals surface area contributed by atoms with Crippen LogP contribution in [0.15, 0.2) is 23.1 Å². The molecule has 1 aliphatic heterocycles. The van der Waals surface area contributed by atoms with E-state index >= 15 is 0 Å². The second-order valence-electron chi connectivity index (χ2n) is 6.75. The fourth-order valence-electron chi connectivity index (χ4n) is 3.42. The van der Waals surface area contributed by atoms with Gasteiger partial charge in [0, 0.05) is 19.6 Å². The number of ether oxygens (including phenoxy) is 1. The van der Waals surface area contributed by atoms with Gasteiger partial charge in [0.05, 0.1) is 7.11 Å². The molecule has 0 unspecified atom stereocenters. The first kappa shape index (κ1) is 19.1. The van der Waals surface area contributed by atoms with Gasteiger partial charge in [-0.3, -0.25) is 0 Å². The van der Waals surface area contributed by atoms with Crippen molar-refractivity contribution in [2.45, 2.75) is 31.6 Å². The maximum Gasteiger partial charge on any atom is 0.244 e. The number of likely N-dealkylation sites (tertiary alicyclic amines) is 1. The van der Waals surface area contributed by atoms with Crippen LogP contribution in [0.4, 0.5) is 4.39 Å². The average molecular weight is 358 g/mol. The molecule has 2 rings (SSSR count). The van der Waals surface area contributed by atoms with Gasteiger partial charge in [0.25, 0.3) is 0 Å². The Morgan fingerprint density at radius 1 is 1.29 bits per heavy atom. The van der Waals surface area contributed by atoms with Crippen molar-refractivity contribution in [2.24, 2.45) is 11.8 Å². The molecule has 1 aliphatic rings. The molecule has 1 saturated heterocycles. The summed E-state index contributed by atoms with van der Waals surface area (Å²) in [5.41, 5.74) is 0. The summed E-state index contributed by atoms with van der Waals surface area (Å²) in [6.07, 6.45) is 1.97. The minimum absolute atomic E-state index is 0.141. The van der Waals surface area contributed by atoms with E-state index in [0.29, 0.717) is 18.4 Å². The summed E-state index contributed by atoms with van der Waals surface area (Å²) in [5, 5.41) is 0. The lowest BCUT2D eigenvalue weighted by Crippen LogP contribution is -2.40. The van der Waals surface area contributed by atoms with Crippen molar-refractivity contribution in [3.8, 4) is 5.75 Å². The molecule has 0 spiro atoms. The topological polar surface area (TPSA) is 58.6 Å². The van der Waals surface area contributed by atoms with E-state index in [2.05, 4.69) is 23.5 Å². The van der Waals surface area contributed by atoms with Crippen molar-refractivity contribution in [1.29, 1.82) is 0 Å². The Labute approximate surface area is 144 Å². The molecule has 0 aliphatic carbocycles. The number of rotatable bonds is 7. The summed E-state index contributed by atoms with van der Waals surface area (Å²) in [7, 11) is -2.42. The van der Waals surface area contributed by atoms with Crippen molar-refractivity contribution < 1.29 is 17.5 Å². The molecule has 1 aromatic rings. The molecule has 0 saturated carbocycles. The molecule has 7 heteroatoms. The number of methoxy groups -OCH3 is 1. The second kappa shape index (κ2) is 8.27. The van der Waals surface area contributed by atoms with Gasteiger partial charge in [-0.25, -0.2) is 17.5 Å². The number of hydrogen-bond acceptors (Lipinski definition) is 4. The predicted molar refractivity (Wildman–Crippen MR) is 92.1 cm³/mol. The Bertz CT molecular complexity index is 641.